The second-order valence-corrected chi connectivity index (χ2v) is 14.0. The molecule has 0 spiro atoms. The van der Waals surface area contributed by atoms with Gasteiger partial charge in [0.1, 0.15) is 4.21 Å². The lowest BCUT2D eigenvalue weighted by Crippen LogP contribution is -2.45. The van der Waals surface area contributed by atoms with Crippen molar-refractivity contribution in [1.29, 1.82) is 0 Å². The third kappa shape index (κ3) is 5.91. The molecule has 2 fully saturated rings. The molecule has 2 saturated heterocycles. The van der Waals surface area contributed by atoms with Crippen molar-refractivity contribution in [3.63, 3.8) is 0 Å². The first kappa shape index (κ1) is 26.7. The number of hydrogen-bond donors (Lipinski definition) is 0. The van der Waals surface area contributed by atoms with E-state index in [-0.39, 0.29) is 11.8 Å². The Morgan fingerprint density at radius 2 is 1.92 bits per heavy atom. The van der Waals surface area contributed by atoms with Gasteiger partial charge in [0.15, 0.2) is 5.13 Å². The molecule has 3 aromatic rings. The van der Waals surface area contributed by atoms with E-state index in [1.165, 1.54) is 21.2 Å². The van der Waals surface area contributed by atoms with Gasteiger partial charge in [0.2, 0.25) is 5.91 Å². The van der Waals surface area contributed by atoms with Crippen molar-refractivity contribution in [3.05, 3.63) is 40.8 Å². The first-order valence-electron chi connectivity index (χ1n) is 12.9. The monoisotopic (exact) mass is 562 g/mol. The van der Waals surface area contributed by atoms with Crippen LogP contribution < -0.4 is 4.90 Å². The molecule has 2 aliphatic rings. The fraction of sp³-hybridized carbons (Fsp3) is 0.538. The normalized spacial score (nSPS) is 18.4. The van der Waals surface area contributed by atoms with Crippen LogP contribution >= 0.6 is 22.7 Å². The number of fused-ring (bicyclic) bond motifs is 1. The third-order valence-corrected chi connectivity index (χ3v) is 11.5. The minimum Gasteiger partial charge on any atom is -0.379 e. The van der Waals surface area contributed by atoms with E-state index < -0.39 is 10.0 Å². The van der Waals surface area contributed by atoms with Gasteiger partial charge in [-0.15, -0.1) is 11.3 Å². The van der Waals surface area contributed by atoms with E-state index in [9.17, 15) is 13.2 Å². The van der Waals surface area contributed by atoms with Gasteiger partial charge in [0, 0.05) is 45.2 Å². The van der Waals surface area contributed by atoms with E-state index in [4.69, 9.17) is 9.72 Å². The molecule has 0 unspecified atom stereocenters. The number of thiazole rings is 1. The van der Waals surface area contributed by atoms with Gasteiger partial charge in [-0.1, -0.05) is 23.5 Å². The van der Waals surface area contributed by atoms with E-state index in [2.05, 4.69) is 30.9 Å². The topological polar surface area (TPSA) is 83.1 Å². The summed E-state index contributed by atoms with van der Waals surface area (Å²) >= 11 is 2.80. The molecule has 11 heteroatoms. The van der Waals surface area contributed by atoms with Crippen molar-refractivity contribution in [3.8, 4) is 0 Å². The van der Waals surface area contributed by atoms with Crippen molar-refractivity contribution in [2.45, 2.75) is 37.3 Å². The van der Waals surface area contributed by atoms with Gasteiger partial charge in [0.25, 0.3) is 10.0 Å². The summed E-state index contributed by atoms with van der Waals surface area (Å²) in [4.78, 5) is 23.0. The number of sulfonamides is 1. The molecule has 0 radical (unpaired) electrons. The van der Waals surface area contributed by atoms with Crippen LogP contribution in [0, 0.1) is 19.8 Å². The predicted molar refractivity (Wildman–Crippen MR) is 149 cm³/mol. The Morgan fingerprint density at radius 1 is 1.16 bits per heavy atom. The Bertz CT molecular complexity index is 1330. The number of aryl methyl sites for hydroxylation is 2. The van der Waals surface area contributed by atoms with Crippen molar-refractivity contribution in [2.75, 3.05) is 57.4 Å². The fourth-order valence-electron chi connectivity index (χ4n) is 5.15. The highest BCUT2D eigenvalue weighted by Crippen LogP contribution is 2.34. The predicted octanol–water partition coefficient (Wildman–Crippen LogP) is 4.13. The van der Waals surface area contributed by atoms with Crippen LogP contribution in [0.3, 0.4) is 0 Å². The number of nitrogens with zero attached hydrogens (tertiary/aromatic N) is 4. The number of rotatable bonds is 8. The zero-order valence-corrected chi connectivity index (χ0v) is 23.8. The summed E-state index contributed by atoms with van der Waals surface area (Å²) in [6, 6.07) is 7.65. The van der Waals surface area contributed by atoms with Gasteiger partial charge in [-0.3, -0.25) is 14.6 Å². The Hall–Kier alpha value is -1.89. The molecule has 0 N–H and O–H groups in total. The molecular weight excluding hydrogens is 529 g/mol. The lowest BCUT2D eigenvalue weighted by molar-refractivity contribution is -0.123. The Labute approximate surface area is 226 Å². The number of morpholine rings is 1. The number of aromatic nitrogens is 1. The minimum atomic E-state index is -3.49. The fourth-order valence-corrected chi connectivity index (χ4v) is 8.94. The molecule has 1 amide bonds. The highest BCUT2D eigenvalue weighted by atomic mass is 32.2. The molecule has 0 saturated carbocycles. The maximum absolute atomic E-state index is 13.9. The molecular formula is C26H34N4O4S3. The Morgan fingerprint density at radius 3 is 2.62 bits per heavy atom. The average molecular weight is 563 g/mol. The molecule has 0 bridgehead atoms. The number of benzene rings is 1. The maximum atomic E-state index is 13.9. The van der Waals surface area contributed by atoms with Crippen LogP contribution in [0.25, 0.3) is 10.2 Å². The summed E-state index contributed by atoms with van der Waals surface area (Å²) in [5.41, 5.74) is 3.25. The molecule has 0 atom stereocenters. The largest absolute Gasteiger partial charge is 0.379 e. The zero-order valence-electron chi connectivity index (χ0n) is 21.4. The number of amides is 1. The lowest BCUT2D eigenvalue weighted by Gasteiger charge is -2.33. The van der Waals surface area contributed by atoms with Crippen molar-refractivity contribution >= 4 is 54.0 Å². The first-order chi connectivity index (χ1) is 17.8. The second-order valence-electron chi connectivity index (χ2n) is 9.83. The number of ether oxygens (including phenoxy) is 1. The van der Waals surface area contributed by atoms with Crippen LogP contribution in [0.15, 0.2) is 33.9 Å². The summed E-state index contributed by atoms with van der Waals surface area (Å²) in [5, 5.41) is 2.52. The van der Waals surface area contributed by atoms with E-state index in [0.717, 1.165) is 60.2 Å². The van der Waals surface area contributed by atoms with Crippen LogP contribution in [0.2, 0.25) is 0 Å². The highest BCUT2D eigenvalue weighted by molar-refractivity contribution is 7.91. The summed E-state index contributed by atoms with van der Waals surface area (Å²) in [5.74, 6) is -0.156. The third-order valence-electron chi connectivity index (χ3n) is 7.17. The van der Waals surface area contributed by atoms with Gasteiger partial charge in [-0.05, 0) is 61.7 Å². The smallest absolute Gasteiger partial charge is 0.252 e. The van der Waals surface area contributed by atoms with Gasteiger partial charge in [-0.25, -0.2) is 13.4 Å². The standard InChI is InChI=1S/C26H34N4O4S3/c1-19-17-20(2)24-22(18-19)36-26(27-24)30(9-4-8-28-12-14-34-15-13-28)25(31)21-6-10-29(11-7-21)37(32,33)23-5-3-16-35-23/h3,5,16-18,21H,4,6-15H2,1-2H3. The van der Waals surface area contributed by atoms with Gasteiger partial charge in [-0.2, -0.15) is 4.31 Å². The molecule has 2 aromatic heterocycles. The number of anilines is 1. The van der Waals surface area contributed by atoms with Gasteiger partial charge in [0.05, 0.1) is 23.4 Å². The molecule has 4 heterocycles. The van der Waals surface area contributed by atoms with Crippen molar-refractivity contribution < 1.29 is 17.9 Å². The van der Waals surface area contributed by atoms with Crippen LogP contribution in [0.5, 0.6) is 0 Å². The second kappa shape index (κ2) is 11.5. The number of carbonyl (C=O) groups excluding carboxylic acids is 1. The van der Waals surface area contributed by atoms with Gasteiger partial charge >= 0.3 is 0 Å². The molecule has 5 rings (SSSR count). The highest BCUT2D eigenvalue weighted by Gasteiger charge is 2.35. The number of hydrogen-bond acceptors (Lipinski definition) is 8. The Kier molecular flexibility index (Phi) is 8.28. The summed E-state index contributed by atoms with van der Waals surface area (Å²) in [6.45, 7) is 9.72. The summed E-state index contributed by atoms with van der Waals surface area (Å²) in [6.07, 6.45) is 1.89. The van der Waals surface area contributed by atoms with Crippen LogP contribution in [-0.2, 0) is 19.6 Å². The number of carbonyl (C=O) groups is 1. The summed E-state index contributed by atoms with van der Waals surface area (Å²) in [7, 11) is -3.49. The zero-order chi connectivity index (χ0) is 26.0. The molecule has 1 aromatic carbocycles. The van der Waals surface area contributed by atoms with E-state index >= 15 is 0 Å². The van der Waals surface area contributed by atoms with Crippen LogP contribution in [0.1, 0.15) is 30.4 Å². The van der Waals surface area contributed by atoms with E-state index in [0.29, 0.717) is 36.7 Å². The minimum absolute atomic E-state index is 0.0589. The lowest BCUT2D eigenvalue weighted by atomic mass is 9.96. The molecule has 200 valence electrons. The number of thiophene rings is 1. The van der Waals surface area contributed by atoms with Crippen LogP contribution in [-0.4, -0.2) is 81.0 Å². The van der Waals surface area contributed by atoms with Gasteiger partial charge < -0.3 is 4.74 Å². The average Bonchev–Trinajstić information content (AvgIpc) is 3.58. The van der Waals surface area contributed by atoms with Crippen molar-refractivity contribution in [1.82, 2.24) is 14.2 Å². The molecule has 2 aliphatic heterocycles. The number of piperidine rings is 1. The Balaban J connectivity index is 1.32. The maximum Gasteiger partial charge on any atom is 0.252 e. The summed E-state index contributed by atoms with van der Waals surface area (Å²) < 4.78 is 34.3. The van der Waals surface area contributed by atoms with Crippen LogP contribution in [0.4, 0.5) is 5.13 Å². The molecule has 0 aliphatic carbocycles. The first-order valence-corrected chi connectivity index (χ1v) is 16.0. The quantitative estimate of drug-likeness (QED) is 0.411. The SMILES string of the molecule is Cc1cc(C)c2nc(N(CCCN3CCOCC3)C(=O)C3CCN(S(=O)(=O)c4cccs4)CC3)sc2c1. The van der Waals surface area contributed by atoms with E-state index in [1.807, 2.05) is 4.90 Å². The molecule has 37 heavy (non-hydrogen) atoms. The van der Waals surface area contributed by atoms with Crippen molar-refractivity contribution in [2.24, 2.45) is 5.92 Å². The molecule has 8 nitrogen and oxygen atoms in total. The van der Waals surface area contributed by atoms with E-state index in [1.54, 1.807) is 28.8 Å².